The Labute approximate surface area is 190 Å². The molecule has 3 aromatic rings. The first kappa shape index (κ1) is 22.9. The lowest BCUT2D eigenvalue weighted by atomic mass is 10.1. The molecule has 0 fully saturated rings. The molecular weight excluding hydrogens is 432 g/mol. The number of nitrogens with one attached hydrogen (secondary N) is 1. The molecule has 0 saturated carbocycles. The number of halogens is 4. The number of nitrogens with zero attached hydrogens (tertiary/aromatic N) is 1. The standard InChI is InChI=1S/C26H24F4N2O/c1-4-32(24-12-9-18-7-5-6-8-20(18)24)31-23-13-17(3)25(14-16(23)2)33-19-10-11-22(27)21(15-19)26(28,29)30/h5-15,24,31H,4H2,1-3H3. The fourth-order valence-corrected chi connectivity index (χ4v) is 3.93. The molecule has 0 spiro atoms. The summed E-state index contributed by atoms with van der Waals surface area (Å²) in [6.07, 6.45) is -0.538. The number of hydrogen-bond acceptors (Lipinski definition) is 3. The minimum atomic E-state index is -4.79. The van der Waals surface area contributed by atoms with Gasteiger partial charge in [0.2, 0.25) is 0 Å². The number of alkyl halides is 3. The van der Waals surface area contributed by atoms with Gasteiger partial charge in [0, 0.05) is 6.54 Å². The van der Waals surface area contributed by atoms with Gasteiger partial charge < -0.3 is 10.2 Å². The highest BCUT2D eigenvalue weighted by atomic mass is 19.4. The van der Waals surface area contributed by atoms with Crippen LogP contribution < -0.4 is 10.2 Å². The molecule has 1 atom stereocenters. The smallest absolute Gasteiger partial charge is 0.419 e. The van der Waals surface area contributed by atoms with Crippen molar-refractivity contribution in [3.8, 4) is 11.5 Å². The lowest BCUT2D eigenvalue weighted by molar-refractivity contribution is -0.140. The van der Waals surface area contributed by atoms with Crippen LogP contribution in [0.3, 0.4) is 0 Å². The molecule has 33 heavy (non-hydrogen) atoms. The summed E-state index contributed by atoms with van der Waals surface area (Å²) in [5, 5.41) is 2.13. The minimum Gasteiger partial charge on any atom is -0.457 e. The predicted octanol–water partition coefficient (Wildman–Crippen LogP) is 7.67. The van der Waals surface area contributed by atoms with Crippen LogP contribution in [0.2, 0.25) is 0 Å². The Morgan fingerprint density at radius 2 is 1.76 bits per heavy atom. The van der Waals surface area contributed by atoms with Gasteiger partial charge in [0.05, 0.1) is 17.3 Å². The Bertz CT molecular complexity index is 1200. The van der Waals surface area contributed by atoms with Gasteiger partial charge in [0.25, 0.3) is 0 Å². The average molecular weight is 456 g/mol. The van der Waals surface area contributed by atoms with E-state index < -0.39 is 17.6 Å². The quantitative estimate of drug-likeness (QED) is 0.304. The summed E-state index contributed by atoms with van der Waals surface area (Å²) in [7, 11) is 0. The Hall–Kier alpha value is -3.32. The van der Waals surface area contributed by atoms with Crippen molar-refractivity contribution in [2.75, 3.05) is 12.0 Å². The molecule has 0 bridgehead atoms. The van der Waals surface area contributed by atoms with E-state index in [9.17, 15) is 17.6 Å². The fourth-order valence-electron chi connectivity index (χ4n) is 3.93. The van der Waals surface area contributed by atoms with Crippen molar-refractivity contribution in [2.24, 2.45) is 0 Å². The third-order valence-corrected chi connectivity index (χ3v) is 5.71. The van der Waals surface area contributed by atoms with E-state index in [1.165, 1.54) is 17.2 Å². The van der Waals surface area contributed by atoms with E-state index >= 15 is 0 Å². The number of anilines is 1. The molecule has 172 valence electrons. The third-order valence-electron chi connectivity index (χ3n) is 5.71. The Balaban J connectivity index is 1.56. The third kappa shape index (κ3) is 4.73. The molecule has 7 heteroatoms. The summed E-state index contributed by atoms with van der Waals surface area (Å²) >= 11 is 0. The van der Waals surface area contributed by atoms with E-state index in [1.807, 2.05) is 32.0 Å². The van der Waals surface area contributed by atoms with E-state index in [0.717, 1.165) is 29.4 Å². The van der Waals surface area contributed by atoms with Gasteiger partial charge in [-0.25, -0.2) is 9.40 Å². The van der Waals surface area contributed by atoms with Gasteiger partial charge >= 0.3 is 6.18 Å². The summed E-state index contributed by atoms with van der Waals surface area (Å²) in [5.74, 6) is -0.994. The maximum atomic E-state index is 13.6. The van der Waals surface area contributed by atoms with Crippen LogP contribution in [0.15, 0.2) is 60.7 Å². The number of likely N-dealkylation sites (N-methyl/N-ethyl adjacent to an activating group) is 1. The fraction of sp³-hybridized carbons (Fsp3) is 0.231. The number of rotatable bonds is 6. The van der Waals surface area contributed by atoms with Gasteiger partial charge in [-0.15, -0.1) is 0 Å². The van der Waals surface area contributed by atoms with E-state index in [2.05, 4.69) is 41.6 Å². The first-order valence-electron chi connectivity index (χ1n) is 10.6. The molecule has 0 heterocycles. The molecule has 4 rings (SSSR count). The topological polar surface area (TPSA) is 24.5 Å². The van der Waals surface area contributed by atoms with E-state index in [-0.39, 0.29) is 11.8 Å². The Morgan fingerprint density at radius 1 is 1.00 bits per heavy atom. The lowest BCUT2D eigenvalue weighted by Gasteiger charge is -2.30. The molecule has 0 aliphatic heterocycles. The zero-order valence-corrected chi connectivity index (χ0v) is 18.5. The van der Waals surface area contributed by atoms with Crippen LogP contribution >= 0.6 is 0 Å². The molecule has 0 saturated heterocycles. The maximum Gasteiger partial charge on any atom is 0.419 e. The van der Waals surface area contributed by atoms with Crippen LogP contribution in [0, 0.1) is 19.7 Å². The molecule has 1 N–H and O–H groups in total. The van der Waals surface area contributed by atoms with Crippen LogP contribution in [-0.4, -0.2) is 11.6 Å². The van der Waals surface area contributed by atoms with Crippen LogP contribution in [0.5, 0.6) is 11.5 Å². The van der Waals surface area contributed by atoms with Crippen LogP contribution in [0.25, 0.3) is 6.08 Å². The highest BCUT2D eigenvalue weighted by Gasteiger charge is 2.34. The predicted molar refractivity (Wildman–Crippen MR) is 122 cm³/mol. The second-order valence-corrected chi connectivity index (χ2v) is 8.00. The van der Waals surface area contributed by atoms with E-state index in [4.69, 9.17) is 4.74 Å². The van der Waals surface area contributed by atoms with Crippen LogP contribution in [-0.2, 0) is 6.18 Å². The molecule has 0 radical (unpaired) electrons. The molecule has 1 unspecified atom stereocenters. The van der Waals surface area contributed by atoms with Crippen LogP contribution in [0.1, 0.15) is 40.8 Å². The Kier molecular flexibility index (Phi) is 6.17. The second-order valence-electron chi connectivity index (χ2n) is 8.00. The number of fused-ring (bicyclic) bond motifs is 1. The molecule has 1 aliphatic rings. The van der Waals surface area contributed by atoms with Gasteiger partial charge in [-0.3, -0.25) is 0 Å². The number of aryl methyl sites for hydroxylation is 2. The van der Waals surface area contributed by atoms with Gasteiger partial charge in [0.15, 0.2) is 0 Å². The van der Waals surface area contributed by atoms with Crippen LogP contribution in [0.4, 0.5) is 23.2 Å². The van der Waals surface area contributed by atoms with Crippen molar-refractivity contribution < 1.29 is 22.3 Å². The number of hydrazine groups is 1. The first-order valence-corrected chi connectivity index (χ1v) is 10.6. The average Bonchev–Trinajstić information content (AvgIpc) is 3.19. The zero-order valence-electron chi connectivity index (χ0n) is 18.5. The monoisotopic (exact) mass is 456 g/mol. The van der Waals surface area contributed by atoms with Crippen molar-refractivity contribution in [3.63, 3.8) is 0 Å². The molecular formula is C26H24F4N2O. The largest absolute Gasteiger partial charge is 0.457 e. The van der Waals surface area contributed by atoms with Gasteiger partial charge in [-0.2, -0.15) is 13.2 Å². The van der Waals surface area contributed by atoms with E-state index in [0.29, 0.717) is 11.8 Å². The van der Waals surface area contributed by atoms with Crippen molar-refractivity contribution in [1.29, 1.82) is 0 Å². The lowest BCUT2D eigenvalue weighted by Crippen LogP contribution is -2.32. The highest BCUT2D eigenvalue weighted by Crippen LogP contribution is 2.37. The number of hydrogen-bond donors (Lipinski definition) is 1. The molecule has 0 amide bonds. The van der Waals surface area contributed by atoms with Gasteiger partial charge in [-0.05, 0) is 66.4 Å². The molecule has 1 aliphatic carbocycles. The first-order chi connectivity index (χ1) is 15.7. The zero-order chi connectivity index (χ0) is 23.8. The molecule has 3 aromatic carbocycles. The maximum absolute atomic E-state index is 13.6. The SMILES string of the molecule is CCN(Nc1cc(C)c(Oc2ccc(F)c(C(F)(F)F)c2)cc1C)C1C=Cc2ccccc21. The van der Waals surface area contributed by atoms with Gasteiger partial charge in [0.1, 0.15) is 17.3 Å². The normalized spacial score (nSPS) is 15.1. The highest BCUT2D eigenvalue weighted by molar-refractivity contribution is 5.63. The summed E-state index contributed by atoms with van der Waals surface area (Å²) < 4.78 is 58.4. The van der Waals surface area contributed by atoms with Crippen molar-refractivity contribution in [3.05, 3.63) is 94.3 Å². The second kappa shape index (κ2) is 8.90. The number of ether oxygens (including phenoxy) is 1. The van der Waals surface area contributed by atoms with Crippen molar-refractivity contribution in [1.82, 2.24) is 5.01 Å². The number of benzene rings is 3. The summed E-state index contributed by atoms with van der Waals surface area (Å²) in [6, 6.07) is 14.6. The Morgan fingerprint density at radius 3 is 2.48 bits per heavy atom. The summed E-state index contributed by atoms with van der Waals surface area (Å²) in [5.41, 5.74) is 7.01. The molecule has 3 nitrogen and oxygen atoms in total. The minimum absolute atomic E-state index is 0.0742. The van der Waals surface area contributed by atoms with Gasteiger partial charge in [-0.1, -0.05) is 43.3 Å². The van der Waals surface area contributed by atoms with E-state index in [1.54, 1.807) is 6.07 Å². The summed E-state index contributed by atoms with van der Waals surface area (Å²) in [6.45, 7) is 6.52. The molecule has 0 aromatic heterocycles. The van der Waals surface area contributed by atoms with Crippen molar-refractivity contribution >= 4 is 11.8 Å². The van der Waals surface area contributed by atoms with Crippen molar-refractivity contribution in [2.45, 2.75) is 33.0 Å². The summed E-state index contributed by atoms with van der Waals surface area (Å²) in [4.78, 5) is 0.